The molecule has 3 aromatic rings. The van der Waals surface area contributed by atoms with Crippen LogP contribution in [0.2, 0.25) is 0 Å². The molecule has 0 atom stereocenters. The first-order valence-electron chi connectivity index (χ1n) is 10.4. The van der Waals surface area contributed by atoms with Crippen molar-refractivity contribution in [1.29, 1.82) is 0 Å². The summed E-state index contributed by atoms with van der Waals surface area (Å²) >= 11 is 0. The first-order chi connectivity index (χ1) is 15.7. The summed E-state index contributed by atoms with van der Waals surface area (Å²) in [7, 11) is -2.70. The van der Waals surface area contributed by atoms with Crippen LogP contribution >= 0.6 is 0 Å². The van der Waals surface area contributed by atoms with E-state index in [0.29, 0.717) is 16.9 Å². The summed E-state index contributed by atoms with van der Waals surface area (Å²) in [6.07, 6.45) is 0. The molecule has 0 saturated carbocycles. The molecule has 0 aliphatic heterocycles. The fourth-order valence-corrected chi connectivity index (χ4v) is 4.64. The Bertz CT molecular complexity index is 1210. The number of hydrogen-bond donors (Lipinski definition) is 1. The average molecular weight is 467 g/mol. The number of esters is 1. The van der Waals surface area contributed by atoms with Gasteiger partial charge in [0, 0.05) is 5.69 Å². The number of benzene rings is 3. The largest absolute Gasteiger partial charge is 0.465 e. The Labute approximate surface area is 194 Å². The van der Waals surface area contributed by atoms with Crippen molar-refractivity contribution in [1.82, 2.24) is 0 Å². The Morgan fingerprint density at radius 1 is 0.909 bits per heavy atom. The Morgan fingerprint density at radius 2 is 1.52 bits per heavy atom. The van der Waals surface area contributed by atoms with E-state index in [1.807, 2.05) is 26.0 Å². The number of ether oxygens (including phenoxy) is 1. The molecule has 7 nitrogen and oxygen atoms in total. The minimum Gasteiger partial charge on any atom is -0.465 e. The molecule has 0 unspecified atom stereocenters. The third kappa shape index (κ3) is 5.78. The van der Waals surface area contributed by atoms with Crippen LogP contribution in [0, 0.1) is 0 Å². The van der Waals surface area contributed by atoms with Gasteiger partial charge in [0.05, 0.1) is 23.3 Å². The third-order valence-electron chi connectivity index (χ3n) is 5.06. The standard InChI is InChI=1S/C25H26N2O5S/c1-18(2)19-11-15-22(16-12-19)27(33(30,31)23-7-5-4-6-8-23)17-24(28)26-21-13-9-20(10-14-21)25(29)32-3/h4-16,18H,17H2,1-3H3,(H,26,28). The second-order valence-corrected chi connectivity index (χ2v) is 9.55. The van der Waals surface area contributed by atoms with Gasteiger partial charge in [-0.1, -0.05) is 44.2 Å². The van der Waals surface area contributed by atoms with Crippen molar-refractivity contribution in [2.75, 3.05) is 23.3 Å². The first kappa shape index (κ1) is 24.0. The molecule has 0 aliphatic rings. The summed E-state index contributed by atoms with van der Waals surface area (Å²) in [5, 5.41) is 2.68. The molecule has 0 fully saturated rings. The molecule has 0 saturated heterocycles. The van der Waals surface area contributed by atoms with Crippen LogP contribution in [0.4, 0.5) is 11.4 Å². The SMILES string of the molecule is COC(=O)c1ccc(NC(=O)CN(c2ccc(C(C)C)cc2)S(=O)(=O)c2ccccc2)cc1. The summed E-state index contributed by atoms with van der Waals surface area (Å²) in [4.78, 5) is 24.5. The fraction of sp³-hybridized carbons (Fsp3) is 0.200. The summed E-state index contributed by atoms with van der Waals surface area (Å²) in [5.41, 5.74) is 2.22. The highest BCUT2D eigenvalue weighted by atomic mass is 32.2. The van der Waals surface area contributed by atoms with Crippen molar-refractivity contribution >= 4 is 33.3 Å². The maximum absolute atomic E-state index is 13.4. The van der Waals surface area contributed by atoms with Crippen LogP contribution in [0.5, 0.6) is 0 Å². The number of methoxy groups -OCH3 is 1. The fourth-order valence-electron chi connectivity index (χ4n) is 3.20. The lowest BCUT2D eigenvalue weighted by Crippen LogP contribution is -2.38. The van der Waals surface area contributed by atoms with Crippen molar-refractivity contribution in [2.24, 2.45) is 0 Å². The van der Waals surface area contributed by atoms with E-state index in [1.165, 1.54) is 31.4 Å². The first-order valence-corrected chi connectivity index (χ1v) is 11.8. The number of carbonyl (C=O) groups excluding carboxylic acids is 2. The lowest BCUT2D eigenvalue weighted by molar-refractivity contribution is -0.114. The highest BCUT2D eigenvalue weighted by Crippen LogP contribution is 2.26. The average Bonchev–Trinajstić information content (AvgIpc) is 2.83. The lowest BCUT2D eigenvalue weighted by atomic mass is 10.0. The van der Waals surface area contributed by atoms with Gasteiger partial charge in [-0.3, -0.25) is 9.10 Å². The minimum atomic E-state index is -3.98. The smallest absolute Gasteiger partial charge is 0.337 e. The van der Waals surface area contributed by atoms with Crippen LogP contribution in [-0.4, -0.2) is 33.9 Å². The Balaban J connectivity index is 1.88. The molecule has 1 N–H and O–H groups in total. The van der Waals surface area contributed by atoms with Gasteiger partial charge < -0.3 is 10.1 Å². The van der Waals surface area contributed by atoms with Crippen molar-refractivity contribution in [2.45, 2.75) is 24.7 Å². The maximum atomic E-state index is 13.4. The summed E-state index contributed by atoms with van der Waals surface area (Å²) in [6, 6.07) is 21.3. The third-order valence-corrected chi connectivity index (χ3v) is 6.84. The van der Waals surface area contributed by atoms with E-state index < -0.39 is 28.4 Å². The maximum Gasteiger partial charge on any atom is 0.337 e. The number of amides is 1. The van der Waals surface area contributed by atoms with Gasteiger partial charge in [0.1, 0.15) is 6.54 Å². The Morgan fingerprint density at radius 3 is 2.06 bits per heavy atom. The predicted octanol–water partition coefficient (Wildman–Crippen LogP) is 4.43. The quantitative estimate of drug-likeness (QED) is 0.496. The molecule has 3 rings (SSSR count). The number of anilines is 2. The van der Waals surface area contributed by atoms with Gasteiger partial charge >= 0.3 is 5.97 Å². The van der Waals surface area contributed by atoms with Crippen LogP contribution in [0.1, 0.15) is 35.7 Å². The normalized spacial score (nSPS) is 11.2. The Kier molecular flexibility index (Phi) is 7.50. The van der Waals surface area contributed by atoms with Crippen molar-refractivity contribution in [3.05, 3.63) is 90.0 Å². The van der Waals surface area contributed by atoms with Crippen LogP contribution < -0.4 is 9.62 Å². The topological polar surface area (TPSA) is 92.8 Å². The summed E-state index contributed by atoms with van der Waals surface area (Å²) < 4.78 is 32.5. The van der Waals surface area contributed by atoms with E-state index in [9.17, 15) is 18.0 Å². The van der Waals surface area contributed by atoms with Gasteiger partial charge in [0.15, 0.2) is 0 Å². The van der Waals surface area contributed by atoms with E-state index in [0.717, 1.165) is 9.87 Å². The van der Waals surface area contributed by atoms with E-state index in [-0.39, 0.29) is 10.8 Å². The number of carbonyl (C=O) groups is 2. The molecule has 8 heteroatoms. The predicted molar refractivity (Wildman–Crippen MR) is 128 cm³/mol. The summed E-state index contributed by atoms with van der Waals surface area (Å²) in [5.74, 6) is -0.722. The second-order valence-electron chi connectivity index (χ2n) is 7.69. The zero-order valence-electron chi connectivity index (χ0n) is 18.7. The molecule has 0 radical (unpaired) electrons. The van der Waals surface area contributed by atoms with Crippen LogP contribution in [0.15, 0.2) is 83.8 Å². The highest BCUT2D eigenvalue weighted by Gasteiger charge is 2.27. The van der Waals surface area contributed by atoms with Crippen LogP contribution in [0.3, 0.4) is 0 Å². The molecule has 0 bridgehead atoms. The number of hydrogen-bond acceptors (Lipinski definition) is 5. The van der Waals surface area contributed by atoms with E-state index in [2.05, 4.69) is 10.1 Å². The van der Waals surface area contributed by atoms with Gasteiger partial charge in [-0.25, -0.2) is 13.2 Å². The van der Waals surface area contributed by atoms with Gasteiger partial charge in [-0.2, -0.15) is 0 Å². The van der Waals surface area contributed by atoms with Gasteiger partial charge in [-0.15, -0.1) is 0 Å². The van der Waals surface area contributed by atoms with Crippen LogP contribution in [0.25, 0.3) is 0 Å². The molecule has 172 valence electrons. The number of sulfonamides is 1. The van der Waals surface area contributed by atoms with Gasteiger partial charge in [-0.05, 0) is 60.0 Å². The molecule has 0 aromatic heterocycles. The summed E-state index contributed by atoms with van der Waals surface area (Å²) in [6.45, 7) is 3.68. The minimum absolute atomic E-state index is 0.0909. The lowest BCUT2D eigenvalue weighted by Gasteiger charge is -2.24. The number of nitrogens with zero attached hydrogens (tertiary/aromatic N) is 1. The molecule has 0 aliphatic carbocycles. The second kappa shape index (κ2) is 10.3. The molecule has 0 spiro atoms. The number of nitrogens with one attached hydrogen (secondary N) is 1. The Hall–Kier alpha value is -3.65. The van der Waals surface area contributed by atoms with Crippen molar-refractivity contribution < 1.29 is 22.7 Å². The monoisotopic (exact) mass is 466 g/mol. The number of rotatable bonds is 8. The molecule has 33 heavy (non-hydrogen) atoms. The highest BCUT2D eigenvalue weighted by molar-refractivity contribution is 7.92. The molecule has 3 aromatic carbocycles. The molecular weight excluding hydrogens is 440 g/mol. The molecular formula is C25H26N2O5S. The van der Waals surface area contributed by atoms with E-state index in [4.69, 9.17) is 0 Å². The zero-order valence-corrected chi connectivity index (χ0v) is 19.5. The van der Waals surface area contributed by atoms with Crippen molar-refractivity contribution in [3.63, 3.8) is 0 Å². The molecule has 0 heterocycles. The van der Waals surface area contributed by atoms with E-state index >= 15 is 0 Å². The van der Waals surface area contributed by atoms with E-state index in [1.54, 1.807) is 42.5 Å². The van der Waals surface area contributed by atoms with Crippen molar-refractivity contribution in [3.8, 4) is 0 Å². The molecule has 1 amide bonds. The zero-order chi connectivity index (χ0) is 24.0. The van der Waals surface area contributed by atoms with Gasteiger partial charge in [0.25, 0.3) is 10.0 Å². The van der Waals surface area contributed by atoms with Gasteiger partial charge in [0.2, 0.25) is 5.91 Å². The van der Waals surface area contributed by atoms with Crippen LogP contribution in [-0.2, 0) is 19.6 Å².